The van der Waals surface area contributed by atoms with E-state index in [4.69, 9.17) is 0 Å². The van der Waals surface area contributed by atoms with Crippen molar-refractivity contribution in [3.8, 4) is 0 Å². The monoisotopic (exact) mass is 150 g/mol. The Bertz CT molecular complexity index is 263. The van der Waals surface area contributed by atoms with Crippen LogP contribution in [0.4, 0.5) is 0 Å². The van der Waals surface area contributed by atoms with Crippen LogP contribution in [0, 0.1) is 6.92 Å². The van der Waals surface area contributed by atoms with Crippen LogP contribution in [0.2, 0.25) is 0 Å². The van der Waals surface area contributed by atoms with Crippen LogP contribution >= 0.6 is 0 Å². The first-order valence-corrected chi connectivity index (χ1v) is 4.16. The molecule has 60 valence electrons. The molecule has 0 spiro atoms. The van der Waals surface area contributed by atoms with Gasteiger partial charge in [0.2, 0.25) is 0 Å². The summed E-state index contributed by atoms with van der Waals surface area (Å²) in [6.45, 7) is 5.35. The van der Waals surface area contributed by atoms with Crippen molar-refractivity contribution < 1.29 is 0 Å². The van der Waals surface area contributed by atoms with Gasteiger partial charge in [0.25, 0.3) is 0 Å². The standard InChI is InChI=1S/C9H14N2/c1-6-3-8-4-7(2)11-9(8)5-10-6/h4,6,10-11H,3,5H2,1-2H3. The van der Waals surface area contributed by atoms with E-state index >= 15 is 0 Å². The number of rotatable bonds is 0. The van der Waals surface area contributed by atoms with Gasteiger partial charge in [-0.05, 0) is 31.9 Å². The second-order valence-corrected chi connectivity index (χ2v) is 3.44. The van der Waals surface area contributed by atoms with E-state index in [9.17, 15) is 0 Å². The van der Waals surface area contributed by atoms with Crippen molar-refractivity contribution in [1.82, 2.24) is 10.3 Å². The maximum Gasteiger partial charge on any atom is 0.0362 e. The summed E-state index contributed by atoms with van der Waals surface area (Å²) >= 11 is 0. The molecule has 2 heterocycles. The normalized spacial score (nSPS) is 23.3. The first-order valence-electron chi connectivity index (χ1n) is 4.16. The van der Waals surface area contributed by atoms with Crippen molar-refractivity contribution >= 4 is 0 Å². The van der Waals surface area contributed by atoms with Crippen LogP contribution in [0.5, 0.6) is 0 Å². The van der Waals surface area contributed by atoms with E-state index in [0.717, 1.165) is 6.54 Å². The van der Waals surface area contributed by atoms with Crippen LogP contribution in [0.15, 0.2) is 6.07 Å². The highest BCUT2D eigenvalue weighted by molar-refractivity contribution is 5.28. The Kier molecular flexibility index (Phi) is 1.50. The van der Waals surface area contributed by atoms with Crippen LogP contribution < -0.4 is 5.32 Å². The minimum Gasteiger partial charge on any atom is -0.361 e. The maximum absolute atomic E-state index is 3.42. The molecule has 0 fully saturated rings. The molecule has 2 N–H and O–H groups in total. The maximum atomic E-state index is 3.42. The van der Waals surface area contributed by atoms with Crippen molar-refractivity contribution in [3.63, 3.8) is 0 Å². The lowest BCUT2D eigenvalue weighted by Gasteiger charge is -2.19. The number of hydrogen-bond acceptors (Lipinski definition) is 1. The fourth-order valence-electron chi connectivity index (χ4n) is 1.72. The number of aromatic amines is 1. The third kappa shape index (κ3) is 1.18. The molecule has 0 amide bonds. The Labute approximate surface area is 67.0 Å². The third-order valence-electron chi connectivity index (χ3n) is 2.28. The van der Waals surface area contributed by atoms with E-state index in [1.54, 1.807) is 0 Å². The van der Waals surface area contributed by atoms with Crippen LogP contribution in [0.3, 0.4) is 0 Å². The molecule has 0 aliphatic carbocycles. The van der Waals surface area contributed by atoms with Crippen LogP contribution in [0.25, 0.3) is 0 Å². The van der Waals surface area contributed by atoms with E-state index in [1.807, 2.05) is 0 Å². The zero-order chi connectivity index (χ0) is 7.84. The number of hydrogen-bond donors (Lipinski definition) is 2. The zero-order valence-electron chi connectivity index (χ0n) is 7.07. The van der Waals surface area contributed by atoms with E-state index in [-0.39, 0.29) is 0 Å². The Hall–Kier alpha value is -0.760. The molecule has 0 bridgehead atoms. The van der Waals surface area contributed by atoms with Gasteiger partial charge in [0, 0.05) is 24.0 Å². The molecule has 2 rings (SSSR count). The molecule has 11 heavy (non-hydrogen) atoms. The fraction of sp³-hybridized carbons (Fsp3) is 0.556. The summed E-state index contributed by atoms with van der Waals surface area (Å²) in [6.07, 6.45) is 1.17. The molecule has 1 aliphatic rings. The third-order valence-corrected chi connectivity index (χ3v) is 2.28. The highest BCUT2D eigenvalue weighted by Gasteiger charge is 2.15. The number of aryl methyl sites for hydroxylation is 1. The molecule has 2 nitrogen and oxygen atoms in total. The average molecular weight is 150 g/mol. The number of H-pyrrole nitrogens is 1. The Morgan fingerprint density at radius 2 is 2.36 bits per heavy atom. The second kappa shape index (κ2) is 2.38. The predicted octanol–water partition coefficient (Wildman–Crippen LogP) is 1.36. The lowest BCUT2D eigenvalue weighted by molar-refractivity contribution is 0.509. The smallest absolute Gasteiger partial charge is 0.0362 e. The highest BCUT2D eigenvalue weighted by Crippen LogP contribution is 2.16. The molecule has 1 aromatic heterocycles. The Balaban J connectivity index is 2.34. The van der Waals surface area contributed by atoms with Gasteiger partial charge in [0.05, 0.1) is 0 Å². The summed E-state index contributed by atoms with van der Waals surface area (Å²) < 4.78 is 0. The van der Waals surface area contributed by atoms with Gasteiger partial charge in [-0.15, -0.1) is 0 Å². The van der Waals surface area contributed by atoms with Gasteiger partial charge in [-0.3, -0.25) is 0 Å². The summed E-state index contributed by atoms with van der Waals surface area (Å²) in [4.78, 5) is 3.35. The molecule has 1 unspecified atom stereocenters. The minimum absolute atomic E-state index is 0.637. The van der Waals surface area contributed by atoms with Crippen molar-refractivity contribution in [2.24, 2.45) is 0 Å². The second-order valence-electron chi connectivity index (χ2n) is 3.44. The molecule has 1 aliphatic heterocycles. The largest absolute Gasteiger partial charge is 0.361 e. The number of nitrogens with one attached hydrogen (secondary N) is 2. The first kappa shape index (κ1) is 6.92. The van der Waals surface area contributed by atoms with Crippen molar-refractivity contribution in [3.05, 3.63) is 23.0 Å². The minimum atomic E-state index is 0.637. The van der Waals surface area contributed by atoms with E-state index in [1.165, 1.54) is 23.4 Å². The van der Waals surface area contributed by atoms with Gasteiger partial charge in [-0.2, -0.15) is 0 Å². The molecule has 1 aromatic rings. The average Bonchev–Trinajstić information content (AvgIpc) is 2.27. The van der Waals surface area contributed by atoms with Crippen LogP contribution in [-0.4, -0.2) is 11.0 Å². The molecular weight excluding hydrogens is 136 g/mol. The van der Waals surface area contributed by atoms with Gasteiger partial charge in [0.15, 0.2) is 0 Å². The molecule has 0 saturated carbocycles. The van der Waals surface area contributed by atoms with Gasteiger partial charge < -0.3 is 10.3 Å². The van der Waals surface area contributed by atoms with Crippen LogP contribution in [0.1, 0.15) is 23.9 Å². The summed E-state index contributed by atoms with van der Waals surface area (Å²) in [7, 11) is 0. The lowest BCUT2D eigenvalue weighted by Crippen LogP contribution is -2.32. The fourth-order valence-corrected chi connectivity index (χ4v) is 1.72. The molecule has 0 saturated heterocycles. The highest BCUT2D eigenvalue weighted by atomic mass is 14.9. The molecule has 2 heteroatoms. The zero-order valence-corrected chi connectivity index (χ0v) is 7.07. The summed E-state index contributed by atoms with van der Waals surface area (Å²) in [6, 6.07) is 2.89. The topological polar surface area (TPSA) is 27.8 Å². The van der Waals surface area contributed by atoms with Crippen molar-refractivity contribution in [1.29, 1.82) is 0 Å². The summed E-state index contributed by atoms with van der Waals surface area (Å²) in [5.41, 5.74) is 4.15. The predicted molar refractivity (Wildman–Crippen MR) is 45.5 cm³/mol. The van der Waals surface area contributed by atoms with E-state index in [0.29, 0.717) is 6.04 Å². The van der Waals surface area contributed by atoms with Crippen LogP contribution in [-0.2, 0) is 13.0 Å². The Morgan fingerprint density at radius 3 is 3.18 bits per heavy atom. The van der Waals surface area contributed by atoms with Gasteiger partial charge in [-0.1, -0.05) is 0 Å². The van der Waals surface area contributed by atoms with Gasteiger partial charge in [-0.25, -0.2) is 0 Å². The number of aromatic nitrogens is 1. The van der Waals surface area contributed by atoms with Crippen molar-refractivity contribution in [2.75, 3.05) is 0 Å². The SMILES string of the molecule is Cc1cc2c([nH]1)CNC(C)C2. The Morgan fingerprint density at radius 1 is 1.55 bits per heavy atom. The van der Waals surface area contributed by atoms with Gasteiger partial charge in [0.1, 0.15) is 0 Å². The molecular formula is C9H14N2. The van der Waals surface area contributed by atoms with Crippen molar-refractivity contribution in [2.45, 2.75) is 32.9 Å². The molecule has 1 atom stereocenters. The quantitative estimate of drug-likeness (QED) is 0.574. The lowest BCUT2D eigenvalue weighted by atomic mass is 10.0. The molecule has 0 aromatic carbocycles. The summed E-state index contributed by atoms with van der Waals surface area (Å²) in [5, 5.41) is 3.42. The number of fused-ring (bicyclic) bond motifs is 1. The van der Waals surface area contributed by atoms with Gasteiger partial charge >= 0.3 is 0 Å². The van der Waals surface area contributed by atoms with E-state index < -0.39 is 0 Å². The van der Waals surface area contributed by atoms with E-state index in [2.05, 4.69) is 30.2 Å². The first-order chi connectivity index (χ1) is 5.25. The molecule has 0 radical (unpaired) electrons. The summed E-state index contributed by atoms with van der Waals surface area (Å²) in [5.74, 6) is 0.